The van der Waals surface area contributed by atoms with E-state index in [0.29, 0.717) is 24.3 Å². The fraction of sp³-hybridized carbons (Fsp3) is 0.286. The van der Waals surface area contributed by atoms with E-state index in [-0.39, 0.29) is 19.0 Å². The van der Waals surface area contributed by atoms with E-state index >= 15 is 0 Å². The van der Waals surface area contributed by atoms with E-state index in [1.54, 1.807) is 24.3 Å². The van der Waals surface area contributed by atoms with E-state index in [1.807, 2.05) is 0 Å². The van der Waals surface area contributed by atoms with Gasteiger partial charge in [-0.3, -0.25) is 0 Å². The lowest BCUT2D eigenvalue weighted by atomic mass is 10.1. The molecule has 1 rings (SSSR count). The fourth-order valence-electron chi connectivity index (χ4n) is 1.19. The van der Waals surface area contributed by atoms with Crippen molar-refractivity contribution in [1.82, 2.24) is 0 Å². The van der Waals surface area contributed by atoms with Crippen LogP contribution in [-0.2, 0) is 18.0 Å². The van der Waals surface area contributed by atoms with Gasteiger partial charge in [0.25, 0.3) is 0 Å². The van der Waals surface area contributed by atoms with E-state index in [0.717, 1.165) is 0 Å². The Morgan fingerprint density at radius 1 is 1.06 bits per heavy atom. The molecule has 0 saturated heterocycles. The van der Waals surface area contributed by atoms with Crippen LogP contribution in [0.5, 0.6) is 5.75 Å². The molecule has 100 valence electrons. The summed E-state index contributed by atoms with van der Waals surface area (Å²) in [7, 11) is 0. The van der Waals surface area contributed by atoms with Crippen LogP contribution in [0.25, 0.3) is 0 Å². The summed E-state index contributed by atoms with van der Waals surface area (Å²) < 4.78 is 4.90. The molecule has 0 spiro atoms. The molecule has 0 unspecified atom stereocenters. The largest absolute Gasteiger partial charge is 0.508 e. The number of aliphatic hydroxyl groups is 2. The standard InChI is InChI=1S/C8H10O3.C6H10O/c9-4-6-2-1-3-8(11)7(6)5-10;1-3-5-7-6-4-2/h1-3,9-11H,4-5H2;3-4H,1-2,5-6H2. The zero-order chi connectivity index (χ0) is 13.8. The summed E-state index contributed by atoms with van der Waals surface area (Å²) in [6, 6.07) is 4.76. The highest BCUT2D eigenvalue weighted by Crippen LogP contribution is 2.20. The monoisotopic (exact) mass is 252 g/mol. The van der Waals surface area contributed by atoms with Gasteiger partial charge in [-0.25, -0.2) is 0 Å². The second kappa shape index (κ2) is 10.5. The maximum absolute atomic E-state index is 9.15. The summed E-state index contributed by atoms with van der Waals surface area (Å²) >= 11 is 0. The molecule has 18 heavy (non-hydrogen) atoms. The Morgan fingerprint density at radius 3 is 2.06 bits per heavy atom. The zero-order valence-corrected chi connectivity index (χ0v) is 10.4. The van der Waals surface area contributed by atoms with Gasteiger partial charge in [0.1, 0.15) is 5.75 Å². The molecule has 0 aliphatic rings. The maximum atomic E-state index is 9.15. The number of hydrogen-bond acceptors (Lipinski definition) is 4. The lowest BCUT2D eigenvalue weighted by Gasteiger charge is -2.05. The lowest BCUT2D eigenvalue weighted by Crippen LogP contribution is -1.93. The van der Waals surface area contributed by atoms with E-state index in [9.17, 15) is 0 Å². The van der Waals surface area contributed by atoms with Crippen LogP contribution in [0.15, 0.2) is 43.5 Å². The zero-order valence-electron chi connectivity index (χ0n) is 10.4. The number of ether oxygens (including phenoxy) is 1. The highest BCUT2D eigenvalue weighted by Gasteiger charge is 2.03. The average molecular weight is 252 g/mol. The summed E-state index contributed by atoms with van der Waals surface area (Å²) in [6.45, 7) is 7.77. The Balaban J connectivity index is 0.000000360. The van der Waals surface area contributed by atoms with Gasteiger partial charge in [0.15, 0.2) is 0 Å². The lowest BCUT2D eigenvalue weighted by molar-refractivity contribution is 0.194. The van der Waals surface area contributed by atoms with Crippen molar-refractivity contribution in [2.75, 3.05) is 13.2 Å². The van der Waals surface area contributed by atoms with E-state index in [2.05, 4.69) is 13.2 Å². The van der Waals surface area contributed by atoms with Gasteiger partial charge in [0.05, 0.1) is 26.4 Å². The van der Waals surface area contributed by atoms with Crippen molar-refractivity contribution in [1.29, 1.82) is 0 Å². The van der Waals surface area contributed by atoms with Crippen molar-refractivity contribution < 1.29 is 20.1 Å². The molecule has 0 fully saturated rings. The molecule has 0 aromatic heterocycles. The summed E-state index contributed by atoms with van der Waals surface area (Å²) in [4.78, 5) is 0. The van der Waals surface area contributed by atoms with Gasteiger partial charge in [-0.15, -0.1) is 13.2 Å². The summed E-state index contributed by atoms with van der Waals surface area (Å²) in [5, 5.41) is 26.7. The highest BCUT2D eigenvalue weighted by molar-refractivity contribution is 5.38. The molecular formula is C14H20O4. The third-order valence-electron chi connectivity index (χ3n) is 2.05. The van der Waals surface area contributed by atoms with Gasteiger partial charge in [0.2, 0.25) is 0 Å². The van der Waals surface area contributed by atoms with Crippen LogP contribution in [0, 0.1) is 0 Å². The smallest absolute Gasteiger partial charge is 0.121 e. The minimum absolute atomic E-state index is 0.0269. The van der Waals surface area contributed by atoms with Crippen LogP contribution in [-0.4, -0.2) is 28.5 Å². The molecule has 0 saturated carbocycles. The number of aliphatic hydroxyl groups excluding tert-OH is 2. The summed E-state index contributed by atoms with van der Waals surface area (Å²) in [5.74, 6) is 0.0269. The maximum Gasteiger partial charge on any atom is 0.121 e. The Labute approximate surface area is 107 Å². The Hall–Kier alpha value is -1.62. The molecule has 0 heterocycles. The highest BCUT2D eigenvalue weighted by atomic mass is 16.5. The normalized spacial score (nSPS) is 9.22. The second-order valence-corrected chi connectivity index (χ2v) is 3.35. The van der Waals surface area contributed by atoms with Crippen molar-refractivity contribution in [2.24, 2.45) is 0 Å². The molecule has 0 radical (unpaired) electrons. The summed E-state index contributed by atoms with van der Waals surface area (Å²) in [6.07, 6.45) is 3.42. The molecule has 3 N–H and O–H groups in total. The number of phenols is 1. The SMILES string of the molecule is C=CCOCC=C.OCc1cccc(O)c1CO. The average Bonchev–Trinajstić information content (AvgIpc) is 2.39. The van der Waals surface area contributed by atoms with E-state index in [1.165, 1.54) is 6.07 Å². The molecule has 1 aromatic carbocycles. The fourth-order valence-corrected chi connectivity index (χ4v) is 1.19. The van der Waals surface area contributed by atoms with Gasteiger partial charge >= 0.3 is 0 Å². The number of benzene rings is 1. The third-order valence-corrected chi connectivity index (χ3v) is 2.05. The van der Waals surface area contributed by atoms with Gasteiger partial charge in [-0.05, 0) is 11.6 Å². The van der Waals surface area contributed by atoms with Crippen LogP contribution in [0.1, 0.15) is 11.1 Å². The van der Waals surface area contributed by atoms with Crippen LogP contribution >= 0.6 is 0 Å². The summed E-state index contributed by atoms with van der Waals surface area (Å²) in [5.41, 5.74) is 0.961. The van der Waals surface area contributed by atoms with Crippen molar-refractivity contribution in [3.05, 3.63) is 54.6 Å². The topological polar surface area (TPSA) is 69.9 Å². The van der Waals surface area contributed by atoms with E-state index in [4.69, 9.17) is 20.1 Å². The molecule has 1 aromatic rings. The van der Waals surface area contributed by atoms with Crippen LogP contribution in [0.4, 0.5) is 0 Å². The molecule has 0 atom stereocenters. The number of hydrogen-bond donors (Lipinski definition) is 3. The number of rotatable bonds is 6. The van der Waals surface area contributed by atoms with Crippen LogP contribution < -0.4 is 0 Å². The van der Waals surface area contributed by atoms with Crippen LogP contribution in [0.3, 0.4) is 0 Å². The quantitative estimate of drug-likeness (QED) is 0.533. The molecule has 0 amide bonds. The molecule has 4 heteroatoms. The first-order chi connectivity index (χ1) is 8.71. The predicted molar refractivity (Wildman–Crippen MR) is 71.2 cm³/mol. The van der Waals surface area contributed by atoms with Gasteiger partial charge < -0.3 is 20.1 Å². The van der Waals surface area contributed by atoms with Crippen molar-refractivity contribution in [3.63, 3.8) is 0 Å². The molecular weight excluding hydrogens is 232 g/mol. The van der Waals surface area contributed by atoms with Crippen molar-refractivity contribution in [3.8, 4) is 5.75 Å². The Kier molecular flexibility index (Phi) is 9.58. The van der Waals surface area contributed by atoms with Crippen molar-refractivity contribution in [2.45, 2.75) is 13.2 Å². The molecule has 0 aliphatic heterocycles. The van der Waals surface area contributed by atoms with Gasteiger partial charge in [0, 0.05) is 5.56 Å². The molecule has 0 bridgehead atoms. The first-order valence-electron chi connectivity index (χ1n) is 5.52. The second-order valence-electron chi connectivity index (χ2n) is 3.35. The first kappa shape index (κ1) is 16.4. The minimum Gasteiger partial charge on any atom is -0.508 e. The first-order valence-corrected chi connectivity index (χ1v) is 5.52. The van der Waals surface area contributed by atoms with Crippen LogP contribution in [0.2, 0.25) is 0 Å². The van der Waals surface area contributed by atoms with E-state index < -0.39 is 0 Å². The molecule has 4 nitrogen and oxygen atoms in total. The number of aromatic hydroxyl groups is 1. The van der Waals surface area contributed by atoms with Gasteiger partial charge in [-0.2, -0.15) is 0 Å². The van der Waals surface area contributed by atoms with Crippen molar-refractivity contribution >= 4 is 0 Å². The minimum atomic E-state index is -0.247. The third kappa shape index (κ3) is 6.20. The molecule has 0 aliphatic carbocycles. The Morgan fingerprint density at radius 2 is 1.67 bits per heavy atom. The van der Waals surface area contributed by atoms with Gasteiger partial charge in [-0.1, -0.05) is 24.3 Å². The predicted octanol–water partition coefficient (Wildman–Crippen LogP) is 1.75. The Bertz CT molecular complexity index is 353.